The number of hydrogen-bond acceptors (Lipinski definition) is 4. The van der Waals surface area contributed by atoms with Gasteiger partial charge in [0.05, 0.1) is 10.2 Å². The third-order valence-corrected chi connectivity index (χ3v) is 5.97. The molecule has 0 atom stereocenters. The Labute approximate surface area is 175 Å². The van der Waals surface area contributed by atoms with E-state index >= 15 is 0 Å². The van der Waals surface area contributed by atoms with Crippen LogP contribution in [0.1, 0.15) is 33.5 Å². The molecule has 0 aliphatic rings. The quantitative estimate of drug-likeness (QED) is 0.535. The number of aromatic nitrogens is 1. The average molecular weight is 416 g/mol. The number of amides is 1. The van der Waals surface area contributed by atoms with Gasteiger partial charge in [-0.1, -0.05) is 40.6 Å². The predicted molar refractivity (Wildman–Crippen MR) is 120 cm³/mol. The summed E-state index contributed by atoms with van der Waals surface area (Å²) >= 11 is 7.74. The van der Waals surface area contributed by atoms with Crippen LogP contribution in [0.25, 0.3) is 10.2 Å². The molecule has 2 aromatic carbocycles. The summed E-state index contributed by atoms with van der Waals surface area (Å²) < 4.78 is 1.01. The highest BCUT2D eigenvalue weighted by Crippen LogP contribution is 2.34. The number of benzene rings is 2. The van der Waals surface area contributed by atoms with Crippen LogP contribution in [0.2, 0.25) is 5.02 Å². The first-order valence-corrected chi connectivity index (χ1v) is 10.6. The number of carbonyl (C=O) groups is 1. The number of hydrogen-bond donors (Lipinski definition) is 0. The summed E-state index contributed by atoms with van der Waals surface area (Å²) in [6, 6.07) is 9.84. The fourth-order valence-electron chi connectivity index (χ4n) is 3.20. The van der Waals surface area contributed by atoms with E-state index in [2.05, 4.69) is 4.90 Å². The van der Waals surface area contributed by atoms with E-state index in [1.807, 2.05) is 70.1 Å². The van der Waals surface area contributed by atoms with Crippen LogP contribution in [0.15, 0.2) is 30.3 Å². The summed E-state index contributed by atoms with van der Waals surface area (Å²) in [4.78, 5) is 22.2. The first-order valence-electron chi connectivity index (χ1n) is 9.37. The van der Waals surface area contributed by atoms with Gasteiger partial charge in [-0.05, 0) is 77.2 Å². The van der Waals surface area contributed by atoms with Crippen molar-refractivity contribution in [2.45, 2.75) is 27.2 Å². The van der Waals surface area contributed by atoms with Crippen LogP contribution in [0.3, 0.4) is 0 Å². The van der Waals surface area contributed by atoms with Gasteiger partial charge in [0.25, 0.3) is 5.91 Å². The topological polar surface area (TPSA) is 36.4 Å². The van der Waals surface area contributed by atoms with E-state index in [0.29, 0.717) is 11.6 Å². The minimum absolute atomic E-state index is 0.00256. The standard InChI is InChI=1S/C22H26ClN3OS/c1-14-7-8-15(2)18(11-14)21(27)26(10-6-9-25(4)5)22-24-20-16(3)12-17(23)13-19(20)28-22/h7-8,11-13H,6,9-10H2,1-5H3. The normalized spacial score (nSPS) is 11.4. The van der Waals surface area contributed by atoms with E-state index in [4.69, 9.17) is 16.6 Å². The van der Waals surface area contributed by atoms with Gasteiger partial charge in [-0.3, -0.25) is 9.69 Å². The molecule has 148 valence electrons. The summed E-state index contributed by atoms with van der Waals surface area (Å²) in [6.07, 6.45) is 0.874. The number of aryl methyl sites for hydroxylation is 3. The van der Waals surface area contributed by atoms with Crippen molar-refractivity contribution in [2.24, 2.45) is 0 Å². The van der Waals surface area contributed by atoms with Gasteiger partial charge in [-0.15, -0.1) is 0 Å². The fourth-order valence-corrected chi connectivity index (χ4v) is 4.64. The highest BCUT2D eigenvalue weighted by Gasteiger charge is 2.23. The maximum atomic E-state index is 13.5. The lowest BCUT2D eigenvalue weighted by Gasteiger charge is -2.22. The lowest BCUT2D eigenvalue weighted by atomic mass is 10.0. The third kappa shape index (κ3) is 4.54. The minimum atomic E-state index is 0.00256. The van der Waals surface area contributed by atoms with Crippen LogP contribution in [0, 0.1) is 20.8 Å². The maximum Gasteiger partial charge on any atom is 0.260 e. The third-order valence-electron chi connectivity index (χ3n) is 4.73. The van der Waals surface area contributed by atoms with Gasteiger partial charge in [-0.2, -0.15) is 0 Å². The van der Waals surface area contributed by atoms with Gasteiger partial charge < -0.3 is 4.90 Å². The van der Waals surface area contributed by atoms with Crippen molar-refractivity contribution in [3.8, 4) is 0 Å². The first-order chi connectivity index (χ1) is 13.3. The molecular weight excluding hydrogens is 390 g/mol. The predicted octanol–water partition coefficient (Wildman–Crippen LogP) is 5.47. The molecular formula is C22H26ClN3OS. The number of thiazole rings is 1. The molecule has 0 saturated carbocycles. The van der Waals surface area contributed by atoms with Crippen molar-refractivity contribution < 1.29 is 4.79 Å². The number of carbonyl (C=O) groups excluding carboxylic acids is 1. The highest BCUT2D eigenvalue weighted by molar-refractivity contribution is 7.22. The Kier molecular flexibility index (Phi) is 6.38. The Balaban J connectivity index is 2.02. The molecule has 0 radical (unpaired) electrons. The van der Waals surface area contributed by atoms with E-state index in [9.17, 15) is 4.79 Å². The molecule has 3 rings (SSSR count). The molecule has 0 bridgehead atoms. The van der Waals surface area contributed by atoms with Gasteiger partial charge in [0.15, 0.2) is 5.13 Å². The Morgan fingerprint density at radius 3 is 2.54 bits per heavy atom. The summed E-state index contributed by atoms with van der Waals surface area (Å²) in [7, 11) is 4.08. The zero-order valence-electron chi connectivity index (χ0n) is 17.0. The molecule has 0 aliphatic carbocycles. The lowest BCUT2D eigenvalue weighted by Crippen LogP contribution is -2.34. The second-order valence-electron chi connectivity index (χ2n) is 7.50. The maximum absolute atomic E-state index is 13.5. The van der Waals surface area contributed by atoms with Crippen LogP contribution in [0.4, 0.5) is 5.13 Å². The molecule has 0 aliphatic heterocycles. The molecule has 28 heavy (non-hydrogen) atoms. The molecule has 3 aromatic rings. The van der Waals surface area contributed by atoms with Crippen molar-refractivity contribution in [2.75, 3.05) is 32.1 Å². The highest BCUT2D eigenvalue weighted by atomic mass is 35.5. The SMILES string of the molecule is Cc1ccc(C)c(C(=O)N(CCCN(C)C)c2nc3c(C)cc(Cl)cc3s2)c1. The second-order valence-corrected chi connectivity index (χ2v) is 8.94. The molecule has 0 fully saturated rings. The Morgan fingerprint density at radius 2 is 1.82 bits per heavy atom. The Morgan fingerprint density at radius 1 is 1.07 bits per heavy atom. The summed E-state index contributed by atoms with van der Waals surface area (Å²) in [5, 5.41) is 1.42. The molecule has 1 amide bonds. The van der Waals surface area contributed by atoms with E-state index in [1.165, 1.54) is 11.3 Å². The van der Waals surface area contributed by atoms with E-state index in [1.54, 1.807) is 0 Å². The monoisotopic (exact) mass is 415 g/mol. The molecule has 1 aromatic heterocycles. The Hall–Kier alpha value is -1.95. The molecule has 6 heteroatoms. The number of nitrogens with zero attached hydrogens (tertiary/aromatic N) is 3. The smallest absolute Gasteiger partial charge is 0.260 e. The average Bonchev–Trinajstić information content (AvgIpc) is 3.04. The van der Waals surface area contributed by atoms with E-state index < -0.39 is 0 Å². The Bertz CT molecular complexity index is 1010. The zero-order valence-corrected chi connectivity index (χ0v) is 18.6. The molecule has 0 saturated heterocycles. The van der Waals surface area contributed by atoms with Crippen LogP contribution in [-0.2, 0) is 0 Å². The van der Waals surface area contributed by atoms with Gasteiger partial charge in [0.2, 0.25) is 0 Å². The van der Waals surface area contributed by atoms with Gasteiger partial charge in [0.1, 0.15) is 0 Å². The van der Waals surface area contributed by atoms with Crippen molar-refractivity contribution in [1.82, 2.24) is 9.88 Å². The molecule has 0 unspecified atom stereocenters. The molecule has 0 spiro atoms. The minimum Gasteiger partial charge on any atom is -0.309 e. The largest absolute Gasteiger partial charge is 0.309 e. The van der Waals surface area contributed by atoms with Gasteiger partial charge in [-0.25, -0.2) is 4.98 Å². The van der Waals surface area contributed by atoms with Gasteiger partial charge >= 0.3 is 0 Å². The van der Waals surface area contributed by atoms with Crippen molar-refractivity contribution >= 4 is 44.2 Å². The molecule has 1 heterocycles. The lowest BCUT2D eigenvalue weighted by molar-refractivity contribution is 0.0985. The summed E-state index contributed by atoms with van der Waals surface area (Å²) in [5.74, 6) is 0.00256. The van der Waals surface area contributed by atoms with Crippen LogP contribution in [0.5, 0.6) is 0 Å². The zero-order chi connectivity index (χ0) is 20.4. The number of fused-ring (bicyclic) bond motifs is 1. The number of rotatable bonds is 6. The van der Waals surface area contributed by atoms with Crippen LogP contribution < -0.4 is 4.90 Å². The van der Waals surface area contributed by atoms with E-state index in [0.717, 1.165) is 50.6 Å². The van der Waals surface area contributed by atoms with Crippen molar-refractivity contribution in [3.63, 3.8) is 0 Å². The summed E-state index contributed by atoms with van der Waals surface area (Å²) in [5.41, 5.74) is 4.73. The number of halogens is 1. The van der Waals surface area contributed by atoms with Crippen molar-refractivity contribution in [1.29, 1.82) is 0 Å². The van der Waals surface area contributed by atoms with Gasteiger partial charge in [0, 0.05) is 17.1 Å². The first kappa shape index (κ1) is 20.8. The van der Waals surface area contributed by atoms with Crippen LogP contribution in [-0.4, -0.2) is 43.0 Å². The van der Waals surface area contributed by atoms with E-state index in [-0.39, 0.29) is 5.91 Å². The molecule has 0 N–H and O–H groups in total. The number of anilines is 1. The fraction of sp³-hybridized carbons (Fsp3) is 0.364. The second kappa shape index (κ2) is 8.60. The summed E-state index contributed by atoms with van der Waals surface area (Å²) in [6.45, 7) is 7.52. The van der Waals surface area contributed by atoms with Crippen LogP contribution >= 0.6 is 22.9 Å². The van der Waals surface area contributed by atoms with Crippen molar-refractivity contribution in [3.05, 3.63) is 57.6 Å². The molecule has 4 nitrogen and oxygen atoms in total.